The van der Waals surface area contributed by atoms with E-state index in [4.69, 9.17) is 21.7 Å². The van der Waals surface area contributed by atoms with Crippen LogP contribution < -0.4 is 0 Å². The number of allylic oxidation sites excluding steroid dienone is 1. The average molecular weight is 542 g/mol. The minimum Gasteiger partial charge on any atom is -0.452 e. The minimum absolute atomic E-state index is 0.228. The van der Waals surface area contributed by atoms with Gasteiger partial charge >= 0.3 is 5.97 Å². The van der Waals surface area contributed by atoms with Crippen LogP contribution in [0.25, 0.3) is 0 Å². The van der Waals surface area contributed by atoms with Crippen molar-refractivity contribution in [3.8, 4) is 0 Å². The second-order valence-corrected chi connectivity index (χ2v) is 13.0. The highest BCUT2D eigenvalue weighted by Gasteiger charge is 2.61. The average Bonchev–Trinajstić information content (AvgIpc) is 2.86. The van der Waals surface area contributed by atoms with E-state index in [0.29, 0.717) is 5.57 Å². The summed E-state index contributed by atoms with van der Waals surface area (Å²) < 4.78 is 38.8. The van der Waals surface area contributed by atoms with Gasteiger partial charge in [0.25, 0.3) is 0 Å². The molecule has 1 fully saturated rings. The van der Waals surface area contributed by atoms with Gasteiger partial charge in [-0.1, -0.05) is 93.7 Å². The summed E-state index contributed by atoms with van der Waals surface area (Å²) in [5, 5.41) is -2.40. The summed E-state index contributed by atoms with van der Waals surface area (Å²) in [6.45, 7) is 6.87. The third-order valence-corrected chi connectivity index (χ3v) is 9.65. The van der Waals surface area contributed by atoms with E-state index < -0.39 is 50.5 Å². The van der Waals surface area contributed by atoms with Gasteiger partial charge in [-0.25, -0.2) is 8.42 Å². The Bertz CT molecular complexity index is 1310. The van der Waals surface area contributed by atoms with Gasteiger partial charge in [0, 0.05) is 12.5 Å². The van der Waals surface area contributed by atoms with Crippen LogP contribution in [0.15, 0.2) is 71.9 Å². The fraction of sp³-hybridized carbons (Fsp3) is 0.393. The molecule has 3 atom stereocenters. The number of methoxy groups -OCH3 is 1. The van der Waals surface area contributed by atoms with E-state index in [1.54, 1.807) is 27.7 Å². The van der Waals surface area contributed by atoms with Crippen LogP contribution in [0.4, 0.5) is 0 Å². The summed E-state index contributed by atoms with van der Waals surface area (Å²) in [7, 11) is -2.59. The topological polar surface area (TPSA) is 90.0 Å². The Labute approximate surface area is 223 Å². The van der Waals surface area contributed by atoms with Crippen molar-refractivity contribution < 1.29 is 27.5 Å². The number of rotatable bonds is 7. The van der Waals surface area contributed by atoms with Gasteiger partial charge in [-0.3, -0.25) is 9.59 Å². The quantitative estimate of drug-likeness (QED) is 0.377. The molecule has 9 heteroatoms. The zero-order valence-corrected chi connectivity index (χ0v) is 23.1. The first-order valence-corrected chi connectivity index (χ1v) is 14.0. The van der Waals surface area contributed by atoms with Crippen LogP contribution in [0.3, 0.4) is 0 Å². The predicted molar refractivity (Wildman–Crippen MR) is 144 cm³/mol. The maximum Gasteiger partial charge on any atom is 0.308 e. The van der Waals surface area contributed by atoms with Crippen LogP contribution in [-0.4, -0.2) is 53.9 Å². The number of ketones is 1. The van der Waals surface area contributed by atoms with E-state index in [2.05, 4.69) is 0 Å². The van der Waals surface area contributed by atoms with E-state index in [1.165, 1.54) is 12.0 Å². The molecule has 0 bridgehead atoms. The Kier molecular flexibility index (Phi) is 7.43. The highest BCUT2D eigenvalue weighted by Crippen LogP contribution is 2.45. The fourth-order valence-corrected chi connectivity index (χ4v) is 7.79. The van der Waals surface area contributed by atoms with E-state index in [-0.39, 0.29) is 16.5 Å². The third kappa shape index (κ3) is 4.87. The monoisotopic (exact) mass is 541 g/mol. The van der Waals surface area contributed by atoms with Crippen molar-refractivity contribution in [2.24, 2.45) is 5.41 Å². The Morgan fingerprint density at radius 1 is 1.00 bits per heavy atom. The molecule has 0 spiro atoms. The van der Waals surface area contributed by atoms with Crippen molar-refractivity contribution in [2.45, 2.75) is 56.9 Å². The zero-order chi connectivity index (χ0) is 27.1. The molecule has 0 radical (unpaired) electrons. The lowest BCUT2D eigenvalue weighted by molar-refractivity contribution is -0.147. The number of carbonyl (C=O) groups is 2. The van der Waals surface area contributed by atoms with Gasteiger partial charge in [-0.05, 0) is 23.6 Å². The van der Waals surface area contributed by atoms with Crippen LogP contribution in [0.1, 0.15) is 51.3 Å². The highest BCUT2D eigenvalue weighted by molar-refractivity contribution is 7.93. The van der Waals surface area contributed by atoms with Crippen LogP contribution in [-0.2, 0) is 28.9 Å². The first kappa shape index (κ1) is 27.2. The summed E-state index contributed by atoms with van der Waals surface area (Å²) in [4.78, 5) is 28.4. The number of carbonyl (C=O) groups excluding carboxylic acids is 2. The van der Waals surface area contributed by atoms with Gasteiger partial charge in [-0.2, -0.15) is 0 Å². The third-order valence-electron chi connectivity index (χ3n) is 6.78. The molecule has 2 aromatic carbocycles. The number of hydrogen-bond acceptors (Lipinski definition) is 7. The first-order valence-electron chi connectivity index (χ1n) is 12.0. The molecule has 37 heavy (non-hydrogen) atoms. The number of nitrogens with zero attached hydrogens (tertiary/aromatic N) is 1. The summed E-state index contributed by atoms with van der Waals surface area (Å²) in [5.41, 5.74) is 1.26. The van der Waals surface area contributed by atoms with Gasteiger partial charge in [0.05, 0.1) is 17.4 Å². The molecule has 0 saturated carbocycles. The van der Waals surface area contributed by atoms with Crippen LogP contribution in [0.2, 0.25) is 0 Å². The van der Waals surface area contributed by atoms with Gasteiger partial charge in [0.2, 0.25) is 0 Å². The normalized spacial score (nSPS) is 22.9. The second kappa shape index (κ2) is 10.1. The van der Waals surface area contributed by atoms with E-state index in [1.807, 2.05) is 60.7 Å². The van der Waals surface area contributed by atoms with Crippen molar-refractivity contribution in [3.05, 3.63) is 83.1 Å². The molecule has 0 aromatic heterocycles. The van der Waals surface area contributed by atoms with E-state index in [0.717, 1.165) is 11.1 Å². The lowest BCUT2D eigenvalue weighted by Crippen LogP contribution is -2.71. The number of Topliss-reactive ketones (excluding diaryl/α,β-unsaturated/α-hetero) is 1. The standard InChI is InChI=1S/C28H31NO6S2/c1-17-20(16-21(30)35-23(18-12-8-6-9-13-18)19-14-10-7-11-15-19)37(32,33)27-24(34-5)26(36)29(27)22(17)25(31)28(2,3)4/h6-15,20,23-24,27H,16H2,1-5H3/t20?,24-,27+/m0/s1. The lowest BCUT2D eigenvalue weighted by Gasteiger charge is -2.53. The number of thiocarbonyl (C=S) groups is 1. The highest BCUT2D eigenvalue weighted by atomic mass is 32.2. The molecule has 7 nitrogen and oxygen atoms in total. The molecule has 4 rings (SSSR count). The molecule has 1 unspecified atom stereocenters. The maximum atomic E-state index is 13.7. The molecular formula is C28H31NO6S2. The smallest absolute Gasteiger partial charge is 0.308 e. The number of benzene rings is 2. The van der Waals surface area contributed by atoms with Gasteiger partial charge < -0.3 is 14.4 Å². The number of ether oxygens (including phenoxy) is 2. The SMILES string of the molecule is CO[C@H]1C(=S)N2C(C(=O)C(C)(C)C)=C(C)C(CC(=O)OC(c3ccccc3)c3ccccc3)S(=O)(=O)[C@H]12. The Morgan fingerprint density at radius 2 is 1.51 bits per heavy atom. The fourth-order valence-electron chi connectivity index (χ4n) is 4.80. The van der Waals surface area contributed by atoms with Gasteiger partial charge in [-0.15, -0.1) is 0 Å². The molecule has 1 saturated heterocycles. The Balaban J connectivity index is 1.71. The largest absolute Gasteiger partial charge is 0.452 e. The van der Waals surface area contributed by atoms with Crippen molar-refractivity contribution in [3.63, 3.8) is 0 Å². The summed E-state index contributed by atoms with van der Waals surface area (Å²) in [6, 6.07) is 18.5. The van der Waals surface area contributed by atoms with Gasteiger partial charge in [0.1, 0.15) is 11.1 Å². The lowest BCUT2D eigenvalue weighted by atomic mass is 9.85. The number of fused-ring (bicyclic) bond motifs is 1. The summed E-state index contributed by atoms with van der Waals surface area (Å²) >= 11 is 5.43. The zero-order valence-electron chi connectivity index (χ0n) is 21.5. The molecule has 0 amide bonds. The number of hydrogen-bond donors (Lipinski definition) is 0. The van der Waals surface area contributed by atoms with Gasteiger partial charge in [0.15, 0.2) is 27.1 Å². The van der Waals surface area contributed by atoms with Crippen LogP contribution in [0, 0.1) is 5.41 Å². The molecule has 2 heterocycles. The van der Waals surface area contributed by atoms with E-state index >= 15 is 0 Å². The molecule has 2 aliphatic rings. The molecule has 2 aliphatic heterocycles. The predicted octanol–water partition coefficient (Wildman–Crippen LogP) is 4.38. The molecule has 2 aromatic rings. The van der Waals surface area contributed by atoms with Crippen molar-refractivity contribution in [1.29, 1.82) is 0 Å². The van der Waals surface area contributed by atoms with Crippen LogP contribution in [0.5, 0.6) is 0 Å². The molecule has 0 N–H and O–H groups in total. The summed E-state index contributed by atoms with van der Waals surface area (Å²) in [5.74, 6) is -0.927. The Morgan fingerprint density at radius 3 is 1.97 bits per heavy atom. The first-order chi connectivity index (χ1) is 17.4. The number of esters is 1. The van der Waals surface area contributed by atoms with Crippen molar-refractivity contribution >= 4 is 38.8 Å². The summed E-state index contributed by atoms with van der Waals surface area (Å²) in [6.07, 6.45) is -2.00. The number of sulfone groups is 1. The van der Waals surface area contributed by atoms with E-state index in [9.17, 15) is 18.0 Å². The van der Waals surface area contributed by atoms with Crippen molar-refractivity contribution in [1.82, 2.24) is 4.90 Å². The second-order valence-electron chi connectivity index (χ2n) is 10.3. The Hall–Kier alpha value is -2.88. The molecular weight excluding hydrogens is 510 g/mol. The van der Waals surface area contributed by atoms with Crippen molar-refractivity contribution in [2.75, 3.05) is 7.11 Å². The van der Waals surface area contributed by atoms with Crippen LogP contribution >= 0.6 is 12.2 Å². The molecule has 0 aliphatic carbocycles. The molecule has 196 valence electrons. The maximum absolute atomic E-state index is 13.7. The minimum atomic E-state index is -3.98.